The fourth-order valence-corrected chi connectivity index (χ4v) is 4.33. The number of pyridine rings is 1. The zero-order valence-electron chi connectivity index (χ0n) is 19.5. The average Bonchev–Trinajstić information content (AvgIpc) is 3.40. The zero-order valence-corrected chi connectivity index (χ0v) is 19.5. The number of hydrogen-bond acceptors (Lipinski definition) is 6. The van der Waals surface area contributed by atoms with Gasteiger partial charge < -0.3 is 10.4 Å². The number of piperidine rings is 1. The lowest BCUT2D eigenvalue weighted by Crippen LogP contribution is -2.33. The van der Waals surface area contributed by atoms with E-state index in [1.165, 1.54) is 5.56 Å². The topological polar surface area (TPSA) is 83.5 Å². The van der Waals surface area contributed by atoms with Crippen LogP contribution in [0.3, 0.4) is 0 Å². The smallest absolute Gasteiger partial charge is 0.247 e. The summed E-state index contributed by atoms with van der Waals surface area (Å²) in [7, 11) is 0. The predicted molar refractivity (Wildman–Crippen MR) is 130 cm³/mol. The molecule has 0 saturated carbocycles. The van der Waals surface area contributed by atoms with E-state index < -0.39 is 11.8 Å². The standard InChI is InChI=1S/C25H30FN7O/c1-25(2,34)17-32-16-21(14-27-32)28-24-29-23-22(4-3-11-33(23)30-24)19-7-5-18(6-8-19)15-31-12-9-20(26)10-13-31/h3-8,11,14,16,20,34H,9-10,12-13,15,17H2,1-2H3,(H,28,30). The summed E-state index contributed by atoms with van der Waals surface area (Å²) in [6, 6.07) is 12.5. The SMILES string of the molecule is CC(C)(O)Cn1cc(Nc2nc3c(-c4ccc(CN5CCC(F)CC5)cc4)cccn3n2)cn1. The van der Waals surface area contributed by atoms with Gasteiger partial charge in [-0.15, -0.1) is 5.10 Å². The van der Waals surface area contributed by atoms with Crippen molar-refractivity contribution in [2.24, 2.45) is 0 Å². The first-order valence-corrected chi connectivity index (χ1v) is 11.7. The molecule has 0 atom stereocenters. The minimum atomic E-state index is -0.847. The summed E-state index contributed by atoms with van der Waals surface area (Å²) in [6.45, 7) is 6.35. The van der Waals surface area contributed by atoms with Crippen LogP contribution >= 0.6 is 0 Å². The quantitative estimate of drug-likeness (QED) is 0.430. The molecular formula is C25H30FN7O. The lowest BCUT2D eigenvalue weighted by atomic mass is 10.0. The molecule has 9 heteroatoms. The summed E-state index contributed by atoms with van der Waals surface area (Å²) in [5.41, 5.74) is 3.94. The summed E-state index contributed by atoms with van der Waals surface area (Å²) in [4.78, 5) is 7.01. The second-order valence-electron chi connectivity index (χ2n) is 9.64. The minimum Gasteiger partial charge on any atom is -0.389 e. The molecule has 0 aliphatic carbocycles. The highest BCUT2D eigenvalue weighted by atomic mass is 19.1. The Morgan fingerprint density at radius 3 is 2.65 bits per heavy atom. The molecule has 2 N–H and O–H groups in total. The fourth-order valence-electron chi connectivity index (χ4n) is 4.33. The summed E-state index contributed by atoms with van der Waals surface area (Å²) in [5, 5.41) is 22.0. The number of hydrogen-bond donors (Lipinski definition) is 2. The predicted octanol–water partition coefficient (Wildman–Crippen LogP) is 4.04. The number of nitrogens with one attached hydrogen (secondary N) is 1. The van der Waals surface area contributed by atoms with Gasteiger partial charge in [0.2, 0.25) is 5.95 Å². The van der Waals surface area contributed by atoms with Crippen molar-refractivity contribution >= 4 is 17.3 Å². The maximum absolute atomic E-state index is 13.4. The van der Waals surface area contributed by atoms with Gasteiger partial charge in [0.25, 0.3) is 0 Å². The average molecular weight is 464 g/mol. The highest BCUT2D eigenvalue weighted by molar-refractivity contribution is 5.78. The number of aliphatic hydroxyl groups is 1. The van der Waals surface area contributed by atoms with Gasteiger partial charge in [-0.05, 0) is 49.9 Å². The number of rotatable bonds is 7. The van der Waals surface area contributed by atoms with Crippen LogP contribution in [-0.2, 0) is 13.1 Å². The van der Waals surface area contributed by atoms with Crippen molar-refractivity contribution in [2.75, 3.05) is 18.4 Å². The van der Waals surface area contributed by atoms with Gasteiger partial charge in [-0.25, -0.2) is 8.91 Å². The zero-order chi connectivity index (χ0) is 23.7. The van der Waals surface area contributed by atoms with Crippen molar-refractivity contribution in [1.82, 2.24) is 29.3 Å². The normalized spacial score (nSPS) is 15.8. The molecule has 3 aromatic heterocycles. The number of halogens is 1. The Kier molecular flexibility index (Phi) is 6.05. The van der Waals surface area contributed by atoms with Crippen LogP contribution in [0.25, 0.3) is 16.8 Å². The van der Waals surface area contributed by atoms with Crippen LogP contribution in [0.5, 0.6) is 0 Å². The molecule has 4 heterocycles. The van der Waals surface area contributed by atoms with Gasteiger partial charge in [-0.3, -0.25) is 9.58 Å². The number of likely N-dealkylation sites (tertiary alicyclic amines) is 1. The van der Waals surface area contributed by atoms with Crippen molar-refractivity contribution < 1.29 is 9.50 Å². The van der Waals surface area contributed by atoms with E-state index >= 15 is 0 Å². The Hall–Kier alpha value is -3.30. The molecule has 1 fully saturated rings. The second-order valence-corrected chi connectivity index (χ2v) is 9.64. The number of nitrogens with zero attached hydrogens (tertiary/aromatic N) is 6. The van der Waals surface area contributed by atoms with E-state index in [-0.39, 0.29) is 0 Å². The minimum absolute atomic E-state index is 0.390. The van der Waals surface area contributed by atoms with E-state index in [4.69, 9.17) is 4.98 Å². The van der Waals surface area contributed by atoms with E-state index in [2.05, 4.69) is 44.7 Å². The molecule has 4 aromatic rings. The first-order valence-electron chi connectivity index (χ1n) is 11.7. The number of anilines is 2. The van der Waals surface area contributed by atoms with Crippen molar-refractivity contribution in [3.63, 3.8) is 0 Å². The highest BCUT2D eigenvalue weighted by Gasteiger charge is 2.18. The largest absolute Gasteiger partial charge is 0.389 e. The van der Waals surface area contributed by atoms with E-state index in [0.29, 0.717) is 25.3 Å². The van der Waals surface area contributed by atoms with Crippen LogP contribution in [-0.4, -0.2) is 59.2 Å². The maximum atomic E-state index is 13.4. The maximum Gasteiger partial charge on any atom is 0.247 e. The molecule has 34 heavy (non-hydrogen) atoms. The van der Waals surface area contributed by atoms with Gasteiger partial charge in [-0.1, -0.05) is 24.3 Å². The van der Waals surface area contributed by atoms with Crippen molar-refractivity contribution in [2.45, 2.75) is 51.6 Å². The number of fused-ring (bicyclic) bond motifs is 1. The highest BCUT2D eigenvalue weighted by Crippen LogP contribution is 2.26. The molecule has 5 rings (SSSR count). The van der Waals surface area contributed by atoms with Crippen LogP contribution in [0.4, 0.5) is 16.0 Å². The third-order valence-electron chi connectivity index (χ3n) is 5.99. The van der Waals surface area contributed by atoms with Gasteiger partial charge in [0.15, 0.2) is 5.65 Å². The van der Waals surface area contributed by atoms with Crippen LogP contribution in [0, 0.1) is 0 Å². The number of aromatic nitrogens is 5. The van der Waals surface area contributed by atoms with Gasteiger partial charge in [-0.2, -0.15) is 10.1 Å². The first kappa shape index (κ1) is 22.5. The summed E-state index contributed by atoms with van der Waals surface area (Å²) < 4.78 is 16.8. The van der Waals surface area contributed by atoms with Crippen molar-refractivity contribution in [3.05, 3.63) is 60.6 Å². The number of benzene rings is 1. The van der Waals surface area contributed by atoms with Crippen molar-refractivity contribution in [3.8, 4) is 11.1 Å². The Labute approximate surface area is 198 Å². The monoisotopic (exact) mass is 463 g/mol. The third kappa shape index (κ3) is 5.26. The summed E-state index contributed by atoms with van der Waals surface area (Å²) in [6.07, 6.45) is 5.99. The molecule has 0 spiro atoms. The van der Waals surface area contributed by atoms with E-state index in [1.54, 1.807) is 29.2 Å². The van der Waals surface area contributed by atoms with Gasteiger partial charge in [0.05, 0.1) is 24.0 Å². The Morgan fingerprint density at radius 2 is 1.91 bits per heavy atom. The van der Waals surface area contributed by atoms with Crippen molar-refractivity contribution in [1.29, 1.82) is 0 Å². The Morgan fingerprint density at radius 1 is 1.15 bits per heavy atom. The van der Waals surface area contributed by atoms with E-state index in [0.717, 1.165) is 42.1 Å². The summed E-state index contributed by atoms with van der Waals surface area (Å²) in [5.74, 6) is 0.475. The van der Waals surface area contributed by atoms with Crippen LogP contribution in [0.15, 0.2) is 55.0 Å². The molecule has 0 radical (unpaired) electrons. The molecule has 178 valence electrons. The van der Waals surface area contributed by atoms with Gasteiger partial charge in [0, 0.05) is 37.6 Å². The van der Waals surface area contributed by atoms with E-state index in [1.807, 2.05) is 24.5 Å². The third-order valence-corrected chi connectivity index (χ3v) is 5.99. The number of alkyl halides is 1. The Balaban J connectivity index is 1.32. The molecular weight excluding hydrogens is 433 g/mol. The molecule has 0 unspecified atom stereocenters. The summed E-state index contributed by atoms with van der Waals surface area (Å²) >= 11 is 0. The lowest BCUT2D eigenvalue weighted by molar-refractivity contribution is 0.0578. The molecule has 1 aliphatic heterocycles. The molecule has 8 nitrogen and oxygen atoms in total. The van der Waals surface area contributed by atoms with E-state index in [9.17, 15) is 9.50 Å². The molecule has 0 bridgehead atoms. The first-order chi connectivity index (χ1) is 16.3. The van der Waals surface area contributed by atoms with Crippen LogP contribution < -0.4 is 5.32 Å². The molecule has 0 amide bonds. The second kappa shape index (κ2) is 9.15. The fraction of sp³-hybridized carbons (Fsp3) is 0.400. The van der Waals surface area contributed by atoms with Crippen LogP contribution in [0.1, 0.15) is 32.3 Å². The lowest BCUT2D eigenvalue weighted by Gasteiger charge is -2.28. The Bertz CT molecular complexity index is 1250. The molecule has 1 aliphatic rings. The molecule has 1 aromatic carbocycles. The van der Waals surface area contributed by atoms with Gasteiger partial charge >= 0.3 is 0 Å². The van der Waals surface area contributed by atoms with Crippen LogP contribution in [0.2, 0.25) is 0 Å². The molecule has 1 saturated heterocycles. The van der Waals surface area contributed by atoms with Gasteiger partial charge in [0.1, 0.15) is 6.17 Å².